The number of fused-ring (bicyclic) bond motifs is 1. The minimum atomic E-state index is -0.605. The summed E-state index contributed by atoms with van der Waals surface area (Å²) in [6.07, 6.45) is 15.8. The van der Waals surface area contributed by atoms with E-state index in [2.05, 4.69) is 65.5 Å². The van der Waals surface area contributed by atoms with E-state index in [1.54, 1.807) is 5.57 Å². The third kappa shape index (κ3) is 4.86. The quantitative estimate of drug-likeness (QED) is 0.499. The Kier molecular flexibility index (Phi) is 7.51. The lowest BCUT2D eigenvalue weighted by Crippen LogP contribution is -2.35. The van der Waals surface area contributed by atoms with E-state index in [0.29, 0.717) is 41.9 Å². The first-order valence-corrected chi connectivity index (χ1v) is 12.3. The number of hydrogen-bond acceptors (Lipinski definition) is 2. The van der Waals surface area contributed by atoms with E-state index in [-0.39, 0.29) is 0 Å². The predicted molar refractivity (Wildman–Crippen MR) is 127 cm³/mol. The molecule has 0 aliphatic heterocycles. The number of hydrogen-bond donors (Lipinski definition) is 2. The highest BCUT2D eigenvalue weighted by molar-refractivity contribution is 5.38. The van der Waals surface area contributed by atoms with Crippen LogP contribution in [-0.2, 0) is 0 Å². The summed E-state index contributed by atoms with van der Waals surface area (Å²) in [5.74, 6) is 3.38. The molecule has 0 bridgehead atoms. The molecule has 3 fully saturated rings. The fourth-order valence-corrected chi connectivity index (χ4v) is 6.32. The second-order valence-corrected chi connectivity index (χ2v) is 11.0. The highest BCUT2D eigenvalue weighted by Gasteiger charge is 2.50. The molecule has 1 unspecified atom stereocenters. The van der Waals surface area contributed by atoms with Crippen molar-refractivity contribution in [3.63, 3.8) is 0 Å². The van der Waals surface area contributed by atoms with Crippen LogP contribution in [0, 0.1) is 35.0 Å². The van der Waals surface area contributed by atoms with Crippen LogP contribution in [0.4, 0.5) is 0 Å². The number of aliphatic hydroxyl groups is 2. The lowest BCUT2D eigenvalue weighted by Gasteiger charge is -2.44. The monoisotopic (exact) mass is 412 g/mol. The molecule has 3 saturated carbocycles. The average Bonchev–Trinajstić information content (AvgIpc) is 3.04. The third-order valence-electron chi connectivity index (χ3n) is 8.71. The average molecular weight is 413 g/mol. The third-order valence-corrected chi connectivity index (χ3v) is 8.71. The molecule has 0 aromatic heterocycles. The van der Waals surface area contributed by atoms with Crippen molar-refractivity contribution in [2.75, 3.05) is 0 Å². The van der Waals surface area contributed by atoms with Crippen molar-refractivity contribution in [3.8, 4) is 0 Å². The molecule has 0 saturated heterocycles. The van der Waals surface area contributed by atoms with Gasteiger partial charge >= 0.3 is 0 Å². The summed E-state index contributed by atoms with van der Waals surface area (Å²) in [7, 11) is 0. The molecule has 3 aliphatic rings. The normalized spacial score (nSPS) is 39.8. The van der Waals surface area contributed by atoms with Gasteiger partial charge in [0.2, 0.25) is 0 Å². The molecule has 0 amide bonds. The summed E-state index contributed by atoms with van der Waals surface area (Å²) in [6.45, 7) is 16.0. The zero-order chi connectivity index (χ0) is 22.1. The fourth-order valence-electron chi connectivity index (χ4n) is 6.32. The molecule has 2 nitrogen and oxygen atoms in total. The summed E-state index contributed by atoms with van der Waals surface area (Å²) < 4.78 is 0. The maximum absolute atomic E-state index is 10.1. The first-order chi connectivity index (χ1) is 14.1. The topological polar surface area (TPSA) is 40.5 Å². The molecule has 168 valence electrons. The molecule has 0 aromatic rings. The number of allylic oxidation sites excluding steroid dienone is 5. The van der Waals surface area contributed by atoms with Crippen LogP contribution in [0.3, 0.4) is 0 Å². The highest BCUT2D eigenvalue weighted by Crippen LogP contribution is 2.59. The zero-order valence-corrected chi connectivity index (χ0v) is 19.9. The Morgan fingerprint density at radius 1 is 1.07 bits per heavy atom. The summed E-state index contributed by atoms with van der Waals surface area (Å²) >= 11 is 0. The lowest BCUT2D eigenvalue weighted by atomic mass is 9.61. The smallest absolute Gasteiger partial charge is 0.0811 e. The second-order valence-electron chi connectivity index (χ2n) is 11.0. The summed E-state index contributed by atoms with van der Waals surface area (Å²) in [6, 6.07) is 0. The van der Waals surface area contributed by atoms with Crippen LogP contribution < -0.4 is 0 Å². The van der Waals surface area contributed by atoms with E-state index in [1.807, 2.05) is 0 Å². The van der Waals surface area contributed by atoms with Gasteiger partial charge in [0.1, 0.15) is 0 Å². The van der Waals surface area contributed by atoms with Gasteiger partial charge in [-0.15, -0.1) is 0 Å². The molecule has 3 aliphatic carbocycles. The van der Waals surface area contributed by atoms with Gasteiger partial charge in [-0.05, 0) is 84.7 Å². The SMILES string of the molecule is C=C1/C(=C\C=C2/CCC[C@]3(C)C([C@@H](C)/C=C/[C@@H](C)C(C)C)CC[C@@H]23)C[C@@H](O)C[C@@H]1O. The Morgan fingerprint density at radius 2 is 1.80 bits per heavy atom. The van der Waals surface area contributed by atoms with Crippen molar-refractivity contribution in [1.82, 2.24) is 0 Å². The Labute approximate surface area is 184 Å². The van der Waals surface area contributed by atoms with Crippen molar-refractivity contribution in [3.05, 3.63) is 47.6 Å². The summed E-state index contributed by atoms with van der Waals surface area (Å²) in [5, 5.41) is 20.2. The molecule has 30 heavy (non-hydrogen) atoms. The Hall–Kier alpha value is -1.12. The van der Waals surface area contributed by atoms with Crippen LogP contribution in [0.15, 0.2) is 47.6 Å². The molecule has 2 N–H and O–H groups in total. The summed E-state index contributed by atoms with van der Waals surface area (Å²) in [5.41, 5.74) is 3.77. The second kappa shape index (κ2) is 9.57. The van der Waals surface area contributed by atoms with Crippen LogP contribution >= 0.6 is 0 Å². The van der Waals surface area contributed by atoms with Crippen molar-refractivity contribution >= 4 is 0 Å². The highest BCUT2D eigenvalue weighted by atomic mass is 16.3. The van der Waals surface area contributed by atoms with Crippen molar-refractivity contribution in [2.45, 2.75) is 91.8 Å². The Morgan fingerprint density at radius 3 is 2.50 bits per heavy atom. The zero-order valence-electron chi connectivity index (χ0n) is 19.9. The Bertz CT molecular complexity index is 712. The van der Waals surface area contributed by atoms with E-state index in [0.717, 1.165) is 17.1 Å². The molecule has 0 aromatic carbocycles. The van der Waals surface area contributed by atoms with Crippen LogP contribution in [0.25, 0.3) is 0 Å². The summed E-state index contributed by atoms with van der Waals surface area (Å²) in [4.78, 5) is 0. The number of rotatable bonds is 5. The van der Waals surface area contributed by atoms with Crippen LogP contribution in [-0.4, -0.2) is 22.4 Å². The van der Waals surface area contributed by atoms with Gasteiger partial charge in [-0.3, -0.25) is 0 Å². The maximum atomic E-state index is 10.1. The standard InChI is InChI=1S/C28H44O2/c1-18(2)19(3)9-10-20(4)25-13-14-26-22(8-7-15-28(25,26)6)11-12-23-16-24(29)17-27(30)21(23)5/h9-12,18-20,24-27,29-30H,5,7-8,13-17H2,1-4,6H3/b10-9+,22-11+,23-12-/t19-,20+,24-,25?,26+,27+,28-/m1/s1. The van der Waals surface area contributed by atoms with Crippen LogP contribution in [0.1, 0.15) is 79.6 Å². The minimum Gasteiger partial charge on any atom is -0.393 e. The van der Waals surface area contributed by atoms with E-state index >= 15 is 0 Å². The van der Waals surface area contributed by atoms with E-state index in [4.69, 9.17) is 0 Å². The lowest BCUT2D eigenvalue weighted by molar-refractivity contribution is 0.0862. The van der Waals surface area contributed by atoms with Crippen molar-refractivity contribution in [2.24, 2.45) is 35.0 Å². The van der Waals surface area contributed by atoms with Gasteiger partial charge in [0.15, 0.2) is 0 Å². The van der Waals surface area contributed by atoms with Crippen LogP contribution in [0.2, 0.25) is 0 Å². The van der Waals surface area contributed by atoms with Gasteiger partial charge in [0.05, 0.1) is 12.2 Å². The van der Waals surface area contributed by atoms with Gasteiger partial charge in [-0.2, -0.15) is 0 Å². The molecule has 7 atom stereocenters. The first kappa shape index (κ1) is 23.5. The molecule has 0 radical (unpaired) electrons. The predicted octanol–water partition coefficient (Wildman–Crippen LogP) is 6.61. The van der Waals surface area contributed by atoms with Crippen molar-refractivity contribution < 1.29 is 10.2 Å². The first-order valence-electron chi connectivity index (χ1n) is 12.3. The Balaban J connectivity index is 1.76. The largest absolute Gasteiger partial charge is 0.393 e. The van der Waals surface area contributed by atoms with Crippen molar-refractivity contribution in [1.29, 1.82) is 0 Å². The minimum absolute atomic E-state index is 0.385. The number of aliphatic hydroxyl groups excluding tert-OH is 2. The fraction of sp³-hybridized carbons (Fsp3) is 0.714. The van der Waals surface area contributed by atoms with Gasteiger partial charge in [-0.25, -0.2) is 0 Å². The van der Waals surface area contributed by atoms with E-state index in [1.165, 1.54) is 32.1 Å². The molecule has 2 heteroatoms. The van der Waals surface area contributed by atoms with E-state index in [9.17, 15) is 10.2 Å². The van der Waals surface area contributed by atoms with Gasteiger partial charge in [0.25, 0.3) is 0 Å². The van der Waals surface area contributed by atoms with E-state index < -0.39 is 12.2 Å². The molecular formula is C28H44O2. The molecular weight excluding hydrogens is 368 g/mol. The maximum Gasteiger partial charge on any atom is 0.0811 e. The molecule has 0 heterocycles. The van der Waals surface area contributed by atoms with Gasteiger partial charge < -0.3 is 10.2 Å². The van der Waals surface area contributed by atoms with Gasteiger partial charge in [-0.1, -0.05) is 71.1 Å². The van der Waals surface area contributed by atoms with Crippen LogP contribution in [0.5, 0.6) is 0 Å². The van der Waals surface area contributed by atoms with Gasteiger partial charge in [0, 0.05) is 6.42 Å². The molecule has 0 spiro atoms. The molecule has 3 rings (SSSR count).